The van der Waals surface area contributed by atoms with Crippen molar-refractivity contribution in [3.63, 3.8) is 0 Å². The summed E-state index contributed by atoms with van der Waals surface area (Å²) in [5.74, 6) is -0.116. The van der Waals surface area contributed by atoms with Crippen molar-refractivity contribution in [3.8, 4) is 0 Å². The van der Waals surface area contributed by atoms with Crippen LogP contribution >= 0.6 is 11.6 Å². The van der Waals surface area contributed by atoms with Gasteiger partial charge in [0.25, 0.3) is 5.91 Å². The number of carbonyl (C=O) groups is 1. The number of fused-ring (bicyclic) bond motifs is 1. The monoisotopic (exact) mass is 434 g/mol. The second-order valence-electron chi connectivity index (χ2n) is 7.34. The molecule has 2 aromatic carbocycles. The van der Waals surface area contributed by atoms with E-state index in [1.165, 1.54) is 0 Å². The van der Waals surface area contributed by atoms with Crippen LogP contribution in [0, 0.1) is 0 Å². The first-order valence-electron chi connectivity index (χ1n) is 9.76. The molecule has 8 heteroatoms. The maximum Gasteiger partial charge on any atom is 0.258 e. The summed E-state index contributed by atoms with van der Waals surface area (Å²) in [7, 11) is -3.62. The van der Waals surface area contributed by atoms with Crippen LogP contribution in [0.25, 0.3) is 0 Å². The molecule has 1 fully saturated rings. The molecule has 6 nitrogen and oxygen atoms in total. The zero-order valence-corrected chi connectivity index (χ0v) is 17.5. The van der Waals surface area contributed by atoms with Gasteiger partial charge in [0.15, 0.2) is 0 Å². The number of rotatable bonds is 5. The molecule has 1 amide bonds. The van der Waals surface area contributed by atoms with Crippen LogP contribution in [0.5, 0.6) is 0 Å². The quantitative estimate of drug-likeness (QED) is 0.782. The van der Waals surface area contributed by atoms with E-state index in [2.05, 4.69) is 4.72 Å². The van der Waals surface area contributed by atoms with Gasteiger partial charge >= 0.3 is 0 Å². The number of benzene rings is 2. The number of anilines is 1. The molecule has 154 valence electrons. The van der Waals surface area contributed by atoms with E-state index < -0.39 is 10.0 Å². The number of nitrogens with one attached hydrogen (secondary N) is 1. The third-order valence-electron chi connectivity index (χ3n) is 5.34. The normalized spacial score (nSPS) is 19.2. The number of halogens is 1. The van der Waals surface area contributed by atoms with Crippen LogP contribution in [-0.2, 0) is 21.2 Å². The summed E-state index contributed by atoms with van der Waals surface area (Å²) >= 11 is 5.91. The molecule has 0 radical (unpaired) electrons. The third kappa shape index (κ3) is 4.48. The summed E-state index contributed by atoms with van der Waals surface area (Å²) in [5.41, 5.74) is 2.17. The van der Waals surface area contributed by atoms with Gasteiger partial charge in [-0.3, -0.25) is 4.79 Å². The van der Waals surface area contributed by atoms with Crippen molar-refractivity contribution in [2.24, 2.45) is 0 Å². The van der Waals surface area contributed by atoms with Crippen molar-refractivity contribution in [3.05, 3.63) is 58.6 Å². The predicted molar refractivity (Wildman–Crippen MR) is 112 cm³/mol. The van der Waals surface area contributed by atoms with Gasteiger partial charge in [-0.1, -0.05) is 11.6 Å². The van der Waals surface area contributed by atoms with Crippen molar-refractivity contribution in [2.75, 3.05) is 24.6 Å². The zero-order valence-electron chi connectivity index (χ0n) is 15.9. The van der Waals surface area contributed by atoms with E-state index in [0.29, 0.717) is 23.7 Å². The largest absolute Gasteiger partial charge is 0.377 e. The Balaban J connectivity index is 1.54. The minimum atomic E-state index is -3.62. The number of aryl methyl sites for hydroxylation is 1. The van der Waals surface area contributed by atoms with Crippen LogP contribution in [0.3, 0.4) is 0 Å². The molecule has 0 bridgehead atoms. The third-order valence-corrected chi connectivity index (χ3v) is 7.01. The lowest BCUT2D eigenvalue weighted by atomic mass is 10.0. The van der Waals surface area contributed by atoms with E-state index >= 15 is 0 Å². The van der Waals surface area contributed by atoms with E-state index in [1.807, 2.05) is 0 Å². The summed E-state index contributed by atoms with van der Waals surface area (Å²) in [6.07, 6.45) is 3.28. The molecule has 2 aromatic rings. The zero-order chi connectivity index (χ0) is 20.4. The summed E-state index contributed by atoms with van der Waals surface area (Å²) in [5, 5.41) is 0.575. The topological polar surface area (TPSA) is 75.7 Å². The first-order valence-corrected chi connectivity index (χ1v) is 11.6. The van der Waals surface area contributed by atoms with Crippen molar-refractivity contribution in [1.82, 2.24) is 4.72 Å². The van der Waals surface area contributed by atoms with Crippen molar-refractivity contribution >= 4 is 33.2 Å². The van der Waals surface area contributed by atoms with Gasteiger partial charge in [-0.15, -0.1) is 0 Å². The molecular formula is C21H23ClN2O4S. The second kappa shape index (κ2) is 8.44. The molecule has 0 saturated carbocycles. The van der Waals surface area contributed by atoms with Crippen LogP contribution in [-0.4, -0.2) is 40.1 Å². The number of hydrogen-bond donors (Lipinski definition) is 1. The van der Waals surface area contributed by atoms with Crippen molar-refractivity contribution < 1.29 is 17.9 Å². The molecule has 1 saturated heterocycles. The molecule has 2 aliphatic rings. The standard InChI is InChI=1S/C21H23ClN2O4S/c22-17-7-5-15(6-8-17)21(25)24-11-1-3-16-13-19(9-10-20(16)24)29(26,27)23-14-18-4-2-12-28-18/h5-10,13,18,23H,1-4,11-12,14H2/t18-/m0/s1. The summed E-state index contributed by atoms with van der Waals surface area (Å²) < 4.78 is 33.5. The van der Waals surface area contributed by atoms with Gasteiger partial charge in [-0.25, -0.2) is 13.1 Å². The maximum atomic E-state index is 12.9. The molecule has 0 spiro atoms. The molecule has 4 rings (SSSR count). The van der Waals surface area contributed by atoms with Crippen LogP contribution in [0.2, 0.25) is 5.02 Å². The molecule has 0 unspecified atom stereocenters. The van der Waals surface area contributed by atoms with E-state index in [9.17, 15) is 13.2 Å². The van der Waals surface area contributed by atoms with Crippen molar-refractivity contribution in [1.29, 1.82) is 0 Å². The number of nitrogens with zero attached hydrogens (tertiary/aromatic N) is 1. The fraction of sp³-hybridized carbons (Fsp3) is 0.381. The molecule has 1 N–H and O–H groups in total. The number of hydrogen-bond acceptors (Lipinski definition) is 4. The minimum absolute atomic E-state index is 0.0603. The average molecular weight is 435 g/mol. The Bertz CT molecular complexity index is 1000. The van der Waals surface area contributed by atoms with Gasteiger partial charge in [0.1, 0.15) is 0 Å². The SMILES string of the molecule is O=C(c1ccc(Cl)cc1)N1CCCc2cc(S(=O)(=O)NC[C@@H]3CCCO3)ccc21. The molecular weight excluding hydrogens is 412 g/mol. The minimum Gasteiger partial charge on any atom is -0.377 e. The summed E-state index contributed by atoms with van der Waals surface area (Å²) in [6, 6.07) is 11.7. The Hall–Kier alpha value is -1.93. The fourth-order valence-electron chi connectivity index (χ4n) is 3.79. The summed E-state index contributed by atoms with van der Waals surface area (Å²) in [6.45, 7) is 1.56. The smallest absolute Gasteiger partial charge is 0.258 e. The van der Waals surface area contributed by atoms with Gasteiger partial charge in [0.2, 0.25) is 10.0 Å². The number of sulfonamides is 1. The number of ether oxygens (including phenoxy) is 1. The Morgan fingerprint density at radius 3 is 2.69 bits per heavy atom. The van der Waals surface area contributed by atoms with Gasteiger partial charge in [0, 0.05) is 36.0 Å². The first-order chi connectivity index (χ1) is 13.9. The average Bonchev–Trinajstić information content (AvgIpc) is 3.25. The van der Waals surface area contributed by atoms with E-state index in [-0.39, 0.29) is 23.5 Å². The lowest BCUT2D eigenvalue weighted by Gasteiger charge is -2.30. The van der Waals surface area contributed by atoms with Crippen LogP contribution in [0.4, 0.5) is 5.69 Å². The van der Waals surface area contributed by atoms with E-state index in [0.717, 1.165) is 36.9 Å². The Kier molecular flexibility index (Phi) is 5.92. The fourth-order valence-corrected chi connectivity index (χ4v) is 5.03. The number of amides is 1. The Morgan fingerprint density at radius 1 is 1.17 bits per heavy atom. The highest BCUT2D eigenvalue weighted by molar-refractivity contribution is 7.89. The number of carbonyl (C=O) groups excluding carboxylic acids is 1. The lowest BCUT2D eigenvalue weighted by Crippen LogP contribution is -2.36. The highest BCUT2D eigenvalue weighted by Gasteiger charge is 2.26. The molecule has 1 atom stereocenters. The van der Waals surface area contributed by atoms with Crippen LogP contribution in [0.15, 0.2) is 47.4 Å². The summed E-state index contributed by atoms with van der Waals surface area (Å²) in [4.78, 5) is 14.9. The first kappa shape index (κ1) is 20.3. The maximum absolute atomic E-state index is 12.9. The van der Waals surface area contributed by atoms with Gasteiger partial charge in [-0.2, -0.15) is 0 Å². The van der Waals surface area contributed by atoms with Crippen LogP contribution < -0.4 is 9.62 Å². The second-order valence-corrected chi connectivity index (χ2v) is 9.55. The lowest BCUT2D eigenvalue weighted by molar-refractivity contribution is 0.0985. The Labute approximate surface area is 175 Å². The Morgan fingerprint density at radius 2 is 1.97 bits per heavy atom. The van der Waals surface area contributed by atoms with Crippen LogP contribution in [0.1, 0.15) is 35.2 Å². The molecule has 2 aliphatic heterocycles. The van der Waals surface area contributed by atoms with Crippen molar-refractivity contribution in [2.45, 2.75) is 36.7 Å². The van der Waals surface area contributed by atoms with Gasteiger partial charge in [-0.05, 0) is 73.7 Å². The molecule has 0 aliphatic carbocycles. The van der Waals surface area contributed by atoms with E-state index in [1.54, 1.807) is 47.4 Å². The van der Waals surface area contributed by atoms with Gasteiger partial charge in [0.05, 0.1) is 11.0 Å². The van der Waals surface area contributed by atoms with E-state index in [4.69, 9.17) is 16.3 Å². The molecule has 29 heavy (non-hydrogen) atoms. The highest BCUT2D eigenvalue weighted by atomic mass is 35.5. The predicted octanol–water partition coefficient (Wildman–Crippen LogP) is 3.39. The van der Waals surface area contributed by atoms with Gasteiger partial charge < -0.3 is 9.64 Å². The molecule has 0 aromatic heterocycles. The highest BCUT2D eigenvalue weighted by Crippen LogP contribution is 2.31. The molecule has 2 heterocycles.